The van der Waals surface area contributed by atoms with Gasteiger partial charge in [0.05, 0.1) is 17.5 Å². The Balaban J connectivity index is 2.57. The normalized spacial score (nSPS) is 10.7. The van der Waals surface area contributed by atoms with Gasteiger partial charge in [-0.25, -0.2) is 0 Å². The predicted octanol–water partition coefficient (Wildman–Crippen LogP) is 2.47. The molecule has 0 aliphatic carbocycles. The Bertz CT molecular complexity index is 447. The molecule has 0 spiro atoms. The number of anilines is 1. The van der Waals surface area contributed by atoms with E-state index in [-0.39, 0.29) is 0 Å². The third-order valence-corrected chi connectivity index (χ3v) is 2.43. The highest BCUT2D eigenvalue weighted by Gasteiger charge is 2.14. The van der Waals surface area contributed by atoms with Gasteiger partial charge < -0.3 is 10.2 Å². The predicted molar refractivity (Wildman–Crippen MR) is 55.1 cm³/mol. The molecular formula is C9H10ClN3O. The van der Waals surface area contributed by atoms with Crippen LogP contribution in [0.15, 0.2) is 16.7 Å². The highest BCUT2D eigenvalue weighted by atomic mass is 35.5. The highest BCUT2D eigenvalue weighted by molar-refractivity contribution is 6.31. The van der Waals surface area contributed by atoms with E-state index in [0.717, 1.165) is 23.2 Å². The van der Waals surface area contributed by atoms with E-state index < -0.39 is 0 Å². The molecule has 2 rings (SSSR count). The minimum absolute atomic E-state index is 0.350. The van der Waals surface area contributed by atoms with Gasteiger partial charge in [-0.05, 0) is 24.1 Å². The molecule has 0 aliphatic heterocycles. The molecule has 74 valence electrons. The molecule has 0 aromatic carbocycles. The van der Waals surface area contributed by atoms with Crippen LogP contribution < -0.4 is 5.73 Å². The van der Waals surface area contributed by atoms with Crippen molar-refractivity contribution >= 4 is 17.4 Å². The summed E-state index contributed by atoms with van der Waals surface area (Å²) in [6, 6.07) is 1.79. The quantitative estimate of drug-likeness (QED) is 0.802. The van der Waals surface area contributed by atoms with Crippen molar-refractivity contribution in [3.8, 4) is 11.3 Å². The summed E-state index contributed by atoms with van der Waals surface area (Å²) in [7, 11) is 0. The summed E-state index contributed by atoms with van der Waals surface area (Å²) in [6.45, 7) is 2.01. The summed E-state index contributed by atoms with van der Waals surface area (Å²) >= 11 is 5.86. The van der Waals surface area contributed by atoms with Crippen LogP contribution in [0, 0.1) is 0 Å². The van der Waals surface area contributed by atoms with E-state index in [1.165, 1.54) is 6.26 Å². The summed E-state index contributed by atoms with van der Waals surface area (Å²) < 4.78 is 5.00. The fourth-order valence-electron chi connectivity index (χ4n) is 1.43. The zero-order valence-electron chi connectivity index (χ0n) is 7.67. The van der Waals surface area contributed by atoms with Gasteiger partial charge in [0.1, 0.15) is 5.82 Å². The first-order chi connectivity index (χ1) is 6.74. The Morgan fingerprint density at radius 3 is 3.00 bits per heavy atom. The van der Waals surface area contributed by atoms with E-state index in [2.05, 4.69) is 10.2 Å². The number of nitrogens with two attached hydrogens (primary N) is 1. The summed E-state index contributed by atoms with van der Waals surface area (Å²) in [5.74, 6) is 0.514. The number of hydrogen-bond acceptors (Lipinski definition) is 3. The Hall–Kier alpha value is -1.42. The second-order valence-electron chi connectivity index (χ2n) is 2.92. The number of nitrogens with zero attached hydrogens (tertiary/aromatic N) is 1. The first kappa shape index (κ1) is 9.15. The van der Waals surface area contributed by atoms with Gasteiger partial charge in [-0.3, -0.25) is 5.10 Å². The molecule has 0 fully saturated rings. The van der Waals surface area contributed by atoms with Crippen LogP contribution in [0.4, 0.5) is 5.82 Å². The molecule has 5 heteroatoms. The number of nitrogen functional groups attached to an aromatic ring is 1. The molecule has 0 atom stereocenters. The summed E-state index contributed by atoms with van der Waals surface area (Å²) in [5.41, 5.74) is 8.29. The maximum absolute atomic E-state index is 5.86. The van der Waals surface area contributed by atoms with Crippen molar-refractivity contribution in [2.45, 2.75) is 13.3 Å². The van der Waals surface area contributed by atoms with Crippen LogP contribution in [0.3, 0.4) is 0 Å². The van der Waals surface area contributed by atoms with Gasteiger partial charge >= 0.3 is 0 Å². The lowest BCUT2D eigenvalue weighted by Gasteiger charge is -1.97. The van der Waals surface area contributed by atoms with Crippen molar-refractivity contribution < 1.29 is 4.42 Å². The van der Waals surface area contributed by atoms with Gasteiger partial charge in [-0.2, -0.15) is 5.10 Å². The first-order valence-electron chi connectivity index (χ1n) is 4.30. The van der Waals surface area contributed by atoms with E-state index in [1.54, 1.807) is 6.07 Å². The van der Waals surface area contributed by atoms with Crippen molar-refractivity contribution in [2.24, 2.45) is 0 Å². The van der Waals surface area contributed by atoms with Gasteiger partial charge in [0.2, 0.25) is 5.22 Å². The van der Waals surface area contributed by atoms with E-state index in [0.29, 0.717) is 11.0 Å². The fraction of sp³-hybridized carbons (Fsp3) is 0.222. The van der Waals surface area contributed by atoms with E-state index in [4.69, 9.17) is 21.8 Å². The fourth-order valence-corrected chi connectivity index (χ4v) is 1.64. The van der Waals surface area contributed by atoms with E-state index in [9.17, 15) is 0 Å². The van der Waals surface area contributed by atoms with Crippen LogP contribution in [0.2, 0.25) is 5.22 Å². The SMILES string of the molecule is CCc1c(N)n[nH]c1-c1ccoc1Cl. The number of aromatic amines is 1. The zero-order valence-corrected chi connectivity index (χ0v) is 8.43. The third kappa shape index (κ3) is 1.28. The molecule has 0 saturated heterocycles. The van der Waals surface area contributed by atoms with Crippen LogP contribution in [0.5, 0.6) is 0 Å². The minimum atomic E-state index is 0.350. The van der Waals surface area contributed by atoms with Crippen molar-refractivity contribution in [2.75, 3.05) is 5.73 Å². The third-order valence-electron chi connectivity index (χ3n) is 2.14. The molecule has 0 amide bonds. The number of furan rings is 1. The Kier molecular flexibility index (Phi) is 2.21. The number of rotatable bonds is 2. The maximum atomic E-state index is 5.86. The lowest BCUT2D eigenvalue weighted by molar-refractivity contribution is 0.570. The summed E-state index contributed by atoms with van der Waals surface area (Å²) in [4.78, 5) is 0. The Morgan fingerprint density at radius 2 is 2.43 bits per heavy atom. The lowest BCUT2D eigenvalue weighted by Crippen LogP contribution is -1.90. The average molecular weight is 212 g/mol. The molecule has 4 nitrogen and oxygen atoms in total. The standard InChI is InChI=1S/C9H10ClN3O/c1-2-5-7(12-13-9(5)11)6-3-4-14-8(6)10/h3-4H,2H2,1H3,(H3,11,12,13). The van der Waals surface area contributed by atoms with Crippen molar-refractivity contribution in [1.82, 2.24) is 10.2 Å². The van der Waals surface area contributed by atoms with E-state index >= 15 is 0 Å². The van der Waals surface area contributed by atoms with Crippen LogP contribution in [-0.4, -0.2) is 10.2 Å². The zero-order chi connectivity index (χ0) is 10.1. The Morgan fingerprint density at radius 1 is 1.64 bits per heavy atom. The molecule has 0 radical (unpaired) electrons. The van der Waals surface area contributed by atoms with Crippen molar-refractivity contribution in [3.63, 3.8) is 0 Å². The van der Waals surface area contributed by atoms with Gasteiger partial charge in [-0.1, -0.05) is 6.92 Å². The minimum Gasteiger partial charge on any atom is -0.452 e. The number of H-pyrrole nitrogens is 1. The van der Waals surface area contributed by atoms with Crippen LogP contribution in [0.1, 0.15) is 12.5 Å². The second kappa shape index (κ2) is 3.38. The Labute approximate surface area is 86.1 Å². The van der Waals surface area contributed by atoms with Gasteiger partial charge in [-0.15, -0.1) is 0 Å². The van der Waals surface area contributed by atoms with Crippen LogP contribution in [0.25, 0.3) is 11.3 Å². The molecule has 3 N–H and O–H groups in total. The topological polar surface area (TPSA) is 67.8 Å². The number of halogens is 1. The molecule has 2 aromatic heterocycles. The molecule has 2 heterocycles. The summed E-state index contributed by atoms with van der Waals surface area (Å²) in [5, 5.41) is 7.14. The highest BCUT2D eigenvalue weighted by Crippen LogP contribution is 2.31. The average Bonchev–Trinajstić information content (AvgIpc) is 2.71. The van der Waals surface area contributed by atoms with Gasteiger partial charge in [0.15, 0.2) is 0 Å². The number of nitrogens with one attached hydrogen (secondary N) is 1. The first-order valence-corrected chi connectivity index (χ1v) is 4.68. The van der Waals surface area contributed by atoms with Gasteiger partial charge in [0.25, 0.3) is 0 Å². The monoisotopic (exact) mass is 211 g/mol. The molecule has 2 aromatic rings. The van der Waals surface area contributed by atoms with E-state index in [1.807, 2.05) is 6.92 Å². The number of hydrogen-bond donors (Lipinski definition) is 2. The van der Waals surface area contributed by atoms with Crippen molar-refractivity contribution in [1.29, 1.82) is 0 Å². The summed E-state index contributed by atoms with van der Waals surface area (Å²) in [6.07, 6.45) is 2.34. The maximum Gasteiger partial charge on any atom is 0.202 e. The van der Waals surface area contributed by atoms with Crippen molar-refractivity contribution in [3.05, 3.63) is 23.1 Å². The van der Waals surface area contributed by atoms with Crippen LogP contribution in [-0.2, 0) is 6.42 Å². The largest absolute Gasteiger partial charge is 0.452 e. The molecule has 0 unspecified atom stereocenters. The molecule has 14 heavy (non-hydrogen) atoms. The number of aromatic nitrogens is 2. The lowest BCUT2D eigenvalue weighted by atomic mass is 10.1. The molecule has 0 bridgehead atoms. The second-order valence-corrected chi connectivity index (χ2v) is 3.27. The smallest absolute Gasteiger partial charge is 0.202 e. The van der Waals surface area contributed by atoms with Crippen LogP contribution >= 0.6 is 11.6 Å². The molecule has 0 aliphatic rings. The molecule has 0 saturated carbocycles. The van der Waals surface area contributed by atoms with Gasteiger partial charge in [0, 0.05) is 5.56 Å². The molecular weight excluding hydrogens is 202 g/mol.